The van der Waals surface area contributed by atoms with Crippen LogP contribution >= 0.6 is 12.2 Å². The first-order chi connectivity index (χ1) is 9.61. The highest BCUT2D eigenvalue weighted by Gasteiger charge is 2.33. The number of hydrogen-bond acceptors (Lipinski definition) is 3. The van der Waals surface area contributed by atoms with Gasteiger partial charge < -0.3 is 5.73 Å². The van der Waals surface area contributed by atoms with Crippen LogP contribution < -0.4 is 10.5 Å². The van der Waals surface area contributed by atoms with Crippen LogP contribution in [-0.2, 0) is 10.0 Å². The van der Waals surface area contributed by atoms with Gasteiger partial charge in [0.1, 0.15) is 4.99 Å². The van der Waals surface area contributed by atoms with E-state index in [2.05, 4.69) is 18.6 Å². The summed E-state index contributed by atoms with van der Waals surface area (Å²) >= 11 is 4.92. The minimum Gasteiger partial charge on any atom is -0.389 e. The number of benzene rings is 1. The van der Waals surface area contributed by atoms with Gasteiger partial charge in [0.05, 0.1) is 4.90 Å². The van der Waals surface area contributed by atoms with E-state index in [1.807, 2.05) is 0 Å². The van der Waals surface area contributed by atoms with Crippen molar-refractivity contribution in [1.82, 2.24) is 4.72 Å². The Morgan fingerprint density at radius 3 is 2.62 bits per heavy atom. The zero-order valence-electron chi connectivity index (χ0n) is 12.6. The molecule has 1 unspecified atom stereocenters. The van der Waals surface area contributed by atoms with Gasteiger partial charge >= 0.3 is 0 Å². The van der Waals surface area contributed by atoms with Crippen molar-refractivity contribution < 1.29 is 8.42 Å². The summed E-state index contributed by atoms with van der Waals surface area (Å²) in [7, 11) is -3.55. The van der Waals surface area contributed by atoms with Crippen LogP contribution in [0.5, 0.6) is 0 Å². The Balaban J connectivity index is 2.28. The summed E-state index contributed by atoms with van der Waals surface area (Å²) in [6, 6.07) is 5.04. The number of rotatable bonds is 4. The Kier molecular flexibility index (Phi) is 4.42. The molecule has 1 aliphatic carbocycles. The van der Waals surface area contributed by atoms with Crippen molar-refractivity contribution in [3.8, 4) is 0 Å². The van der Waals surface area contributed by atoms with Crippen LogP contribution in [0.25, 0.3) is 0 Å². The summed E-state index contributed by atoms with van der Waals surface area (Å²) in [5.41, 5.74) is 7.05. The third-order valence-electron chi connectivity index (χ3n) is 4.05. The number of hydrogen-bond donors (Lipinski definition) is 2. The summed E-state index contributed by atoms with van der Waals surface area (Å²) in [6.07, 6.45) is 2.77. The quantitative estimate of drug-likeness (QED) is 0.834. The zero-order valence-corrected chi connectivity index (χ0v) is 14.3. The molecule has 0 aliphatic heterocycles. The number of thiocarbonyl (C=S) groups is 1. The van der Waals surface area contributed by atoms with Crippen molar-refractivity contribution in [2.75, 3.05) is 0 Å². The average Bonchev–Trinajstić information content (AvgIpc) is 2.67. The van der Waals surface area contributed by atoms with E-state index in [-0.39, 0.29) is 21.3 Å². The fourth-order valence-corrected chi connectivity index (χ4v) is 4.53. The zero-order chi connectivity index (χ0) is 15.8. The van der Waals surface area contributed by atoms with E-state index in [0.29, 0.717) is 11.1 Å². The van der Waals surface area contributed by atoms with Crippen LogP contribution in [0.4, 0.5) is 0 Å². The monoisotopic (exact) mass is 326 g/mol. The average molecular weight is 326 g/mol. The van der Waals surface area contributed by atoms with Crippen molar-refractivity contribution in [1.29, 1.82) is 0 Å². The Morgan fingerprint density at radius 1 is 1.43 bits per heavy atom. The van der Waals surface area contributed by atoms with E-state index < -0.39 is 10.0 Å². The van der Waals surface area contributed by atoms with Gasteiger partial charge in [-0.1, -0.05) is 38.2 Å². The molecule has 1 aliphatic rings. The topological polar surface area (TPSA) is 72.2 Å². The van der Waals surface area contributed by atoms with Crippen LogP contribution in [0.3, 0.4) is 0 Å². The number of sulfonamides is 1. The molecular weight excluding hydrogens is 304 g/mol. The Hall–Kier alpha value is -0.980. The lowest BCUT2D eigenvalue weighted by Gasteiger charge is -2.18. The lowest BCUT2D eigenvalue weighted by atomic mass is 9.92. The molecule has 0 heterocycles. The second-order valence-electron chi connectivity index (χ2n) is 6.57. The number of nitrogens with one attached hydrogen (secondary N) is 1. The van der Waals surface area contributed by atoms with Crippen LogP contribution in [0.15, 0.2) is 23.1 Å². The molecule has 1 aromatic carbocycles. The first-order valence-corrected chi connectivity index (χ1v) is 8.93. The summed E-state index contributed by atoms with van der Waals surface area (Å²) in [4.78, 5) is 0.464. The molecule has 0 aromatic heterocycles. The molecule has 116 valence electrons. The first kappa shape index (κ1) is 16.4. The van der Waals surface area contributed by atoms with Crippen LogP contribution in [0.1, 0.15) is 44.2 Å². The summed E-state index contributed by atoms with van der Waals surface area (Å²) < 4.78 is 28.0. The molecule has 6 heteroatoms. The first-order valence-electron chi connectivity index (χ1n) is 7.03. The highest BCUT2D eigenvalue weighted by atomic mass is 32.2. The van der Waals surface area contributed by atoms with E-state index in [9.17, 15) is 8.42 Å². The van der Waals surface area contributed by atoms with Gasteiger partial charge in [0.2, 0.25) is 10.0 Å². The SMILES string of the molecule is Cc1ccc(C(N)=S)cc1S(=O)(=O)NC1CCC(C)(C)C1. The molecule has 2 rings (SSSR count). The maximum Gasteiger partial charge on any atom is 0.241 e. The fourth-order valence-electron chi connectivity index (χ4n) is 2.86. The Bertz CT molecular complexity index is 666. The van der Waals surface area contributed by atoms with Crippen molar-refractivity contribution in [2.24, 2.45) is 11.1 Å². The van der Waals surface area contributed by atoms with Crippen LogP contribution in [0, 0.1) is 12.3 Å². The molecule has 0 spiro atoms. The third-order valence-corrected chi connectivity index (χ3v) is 5.95. The molecule has 21 heavy (non-hydrogen) atoms. The molecule has 1 atom stereocenters. The van der Waals surface area contributed by atoms with Crippen molar-refractivity contribution in [2.45, 2.75) is 51.0 Å². The van der Waals surface area contributed by atoms with Crippen molar-refractivity contribution in [3.05, 3.63) is 29.3 Å². The molecule has 1 saturated carbocycles. The second-order valence-corrected chi connectivity index (χ2v) is 8.69. The molecule has 0 saturated heterocycles. The van der Waals surface area contributed by atoms with Crippen LogP contribution in [-0.4, -0.2) is 19.4 Å². The molecule has 1 fully saturated rings. The lowest BCUT2D eigenvalue weighted by Crippen LogP contribution is -2.34. The Morgan fingerprint density at radius 2 is 2.10 bits per heavy atom. The molecule has 0 amide bonds. The standard InChI is InChI=1S/C15H22N2O2S2/c1-10-4-5-11(14(16)20)8-13(10)21(18,19)17-12-6-7-15(2,3)9-12/h4-5,8,12,17H,6-7,9H2,1-3H3,(H2,16,20). The van der Waals surface area contributed by atoms with E-state index in [0.717, 1.165) is 19.3 Å². The second kappa shape index (κ2) is 5.66. The largest absolute Gasteiger partial charge is 0.389 e. The van der Waals surface area contributed by atoms with E-state index >= 15 is 0 Å². The van der Waals surface area contributed by atoms with Gasteiger partial charge in [0, 0.05) is 11.6 Å². The molecular formula is C15H22N2O2S2. The van der Waals surface area contributed by atoms with Gasteiger partial charge in [0.25, 0.3) is 0 Å². The predicted molar refractivity (Wildman–Crippen MR) is 88.8 cm³/mol. The van der Waals surface area contributed by atoms with Crippen molar-refractivity contribution >= 4 is 27.2 Å². The summed E-state index contributed by atoms with van der Waals surface area (Å²) in [5.74, 6) is 0. The van der Waals surface area contributed by atoms with Crippen molar-refractivity contribution in [3.63, 3.8) is 0 Å². The van der Waals surface area contributed by atoms with Gasteiger partial charge in [-0.05, 0) is 43.2 Å². The Labute approximate surface area is 132 Å². The van der Waals surface area contributed by atoms with E-state index in [4.69, 9.17) is 18.0 Å². The molecule has 4 nitrogen and oxygen atoms in total. The number of aryl methyl sites for hydroxylation is 1. The molecule has 1 aromatic rings. The van der Waals surface area contributed by atoms with Gasteiger partial charge in [-0.3, -0.25) is 0 Å². The molecule has 0 radical (unpaired) electrons. The molecule has 0 bridgehead atoms. The highest BCUT2D eigenvalue weighted by Crippen LogP contribution is 2.37. The number of nitrogens with two attached hydrogens (primary N) is 1. The van der Waals surface area contributed by atoms with E-state index in [1.54, 1.807) is 25.1 Å². The smallest absolute Gasteiger partial charge is 0.241 e. The maximum atomic E-state index is 12.6. The third kappa shape index (κ3) is 3.81. The minimum atomic E-state index is -3.55. The maximum absolute atomic E-state index is 12.6. The summed E-state index contributed by atoms with van der Waals surface area (Å²) in [6.45, 7) is 6.11. The van der Waals surface area contributed by atoms with Crippen LogP contribution in [0.2, 0.25) is 0 Å². The normalized spacial score (nSPS) is 21.4. The molecule has 3 N–H and O–H groups in total. The predicted octanol–water partition coefficient (Wildman–Crippen LogP) is 2.49. The summed E-state index contributed by atoms with van der Waals surface area (Å²) in [5, 5.41) is 0. The van der Waals surface area contributed by atoms with E-state index in [1.165, 1.54) is 0 Å². The lowest BCUT2D eigenvalue weighted by molar-refractivity contribution is 0.372. The van der Waals surface area contributed by atoms with Gasteiger partial charge in [-0.25, -0.2) is 13.1 Å². The van der Waals surface area contributed by atoms with Gasteiger partial charge in [-0.15, -0.1) is 0 Å². The minimum absolute atomic E-state index is 0.00196. The fraction of sp³-hybridized carbons (Fsp3) is 0.533. The highest BCUT2D eigenvalue weighted by molar-refractivity contribution is 7.89. The van der Waals surface area contributed by atoms with Gasteiger partial charge in [0.15, 0.2) is 0 Å². The van der Waals surface area contributed by atoms with Gasteiger partial charge in [-0.2, -0.15) is 0 Å².